The minimum Gasteiger partial charge on any atom is -0.307 e. The van der Waals surface area contributed by atoms with Crippen molar-refractivity contribution >= 4 is 54.5 Å². The van der Waals surface area contributed by atoms with Crippen LogP contribution in [0.2, 0.25) is 0 Å². The van der Waals surface area contributed by atoms with Crippen molar-refractivity contribution in [2.24, 2.45) is 0 Å². The second-order valence-corrected chi connectivity index (χ2v) is 8.96. The Morgan fingerprint density at radius 3 is 1.97 bits per heavy atom. The summed E-state index contributed by atoms with van der Waals surface area (Å²) in [5.74, 6) is 0.881. The Hall–Kier alpha value is -5.03. The zero-order chi connectivity index (χ0) is 23.6. The Balaban J connectivity index is 1.79. The monoisotopic (exact) mass is 461 g/mol. The summed E-state index contributed by atoms with van der Waals surface area (Å²) in [4.78, 5) is 14.1. The van der Waals surface area contributed by atoms with Gasteiger partial charge in [0.1, 0.15) is 12.1 Å². The van der Waals surface area contributed by atoms with Gasteiger partial charge in [-0.2, -0.15) is 0 Å². The van der Waals surface area contributed by atoms with E-state index in [4.69, 9.17) is 9.97 Å². The van der Waals surface area contributed by atoms with Gasteiger partial charge in [0.25, 0.3) is 0 Å². The van der Waals surface area contributed by atoms with E-state index >= 15 is 0 Å². The molecule has 0 saturated heterocycles. The summed E-state index contributed by atoms with van der Waals surface area (Å²) in [6.07, 6.45) is 5.46. The van der Waals surface area contributed by atoms with Crippen molar-refractivity contribution in [2.75, 3.05) is 0 Å². The van der Waals surface area contributed by atoms with Crippen LogP contribution in [0.5, 0.6) is 0 Å². The summed E-state index contributed by atoms with van der Waals surface area (Å²) >= 11 is 0. The van der Waals surface area contributed by atoms with Gasteiger partial charge in [-0.1, -0.05) is 60.7 Å². The fourth-order valence-corrected chi connectivity index (χ4v) is 5.72. The fourth-order valence-electron chi connectivity index (χ4n) is 5.72. The molecule has 0 aliphatic heterocycles. The summed E-state index contributed by atoms with van der Waals surface area (Å²) in [7, 11) is 0. The van der Waals surface area contributed by atoms with Gasteiger partial charge in [0.15, 0.2) is 0 Å². The molecule has 0 atom stereocenters. The van der Waals surface area contributed by atoms with E-state index in [0.29, 0.717) is 0 Å². The van der Waals surface area contributed by atoms with Gasteiger partial charge < -0.3 is 4.57 Å². The van der Waals surface area contributed by atoms with Crippen LogP contribution in [-0.2, 0) is 0 Å². The van der Waals surface area contributed by atoms with Gasteiger partial charge in [-0.15, -0.1) is 0 Å². The minimum absolute atomic E-state index is 0.881. The summed E-state index contributed by atoms with van der Waals surface area (Å²) in [5.41, 5.74) is 6.54. The first-order valence-electron chi connectivity index (χ1n) is 12.0. The molecule has 0 radical (unpaired) electrons. The first-order chi connectivity index (χ1) is 17.9. The van der Waals surface area contributed by atoms with E-state index in [9.17, 15) is 0 Å². The highest BCUT2D eigenvalue weighted by Gasteiger charge is 2.25. The molecule has 4 aromatic heterocycles. The maximum absolute atomic E-state index is 4.86. The van der Waals surface area contributed by atoms with Crippen LogP contribution < -0.4 is 0 Å². The lowest BCUT2D eigenvalue weighted by atomic mass is 10.0. The van der Waals surface area contributed by atoms with E-state index < -0.39 is 0 Å². The average Bonchev–Trinajstić information content (AvgIpc) is 3.48. The van der Waals surface area contributed by atoms with Crippen LogP contribution in [0, 0.1) is 0 Å². The molecule has 4 aromatic carbocycles. The van der Waals surface area contributed by atoms with Crippen molar-refractivity contribution in [3.8, 4) is 11.5 Å². The molecule has 36 heavy (non-hydrogen) atoms. The van der Waals surface area contributed by atoms with Crippen molar-refractivity contribution in [3.63, 3.8) is 0 Å². The number of pyridine rings is 1. The average molecular weight is 462 g/mol. The predicted molar refractivity (Wildman–Crippen MR) is 146 cm³/mol. The normalized spacial score (nSPS) is 11.9. The molecule has 0 unspecified atom stereocenters. The zero-order valence-corrected chi connectivity index (χ0v) is 19.2. The van der Waals surface area contributed by atoms with E-state index in [1.165, 1.54) is 5.39 Å². The number of nitrogens with zero attached hydrogens (tertiary/aromatic N) is 5. The van der Waals surface area contributed by atoms with Gasteiger partial charge >= 0.3 is 0 Å². The van der Waals surface area contributed by atoms with Crippen molar-refractivity contribution in [1.82, 2.24) is 24.1 Å². The maximum Gasteiger partial charge on any atom is 0.137 e. The first kappa shape index (κ1) is 19.3. The van der Waals surface area contributed by atoms with E-state index in [2.05, 4.69) is 99.0 Å². The topological polar surface area (TPSA) is 48.5 Å². The molecule has 8 rings (SSSR count). The van der Waals surface area contributed by atoms with Crippen LogP contribution in [0.1, 0.15) is 0 Å². The molecule has 8 aromatic rings. The number of benzene rings is 4. The highest BCUT2D eigenvalue weighted by Crippen LogP contribution is 2.45. The largest absolute Gasteiger partial charge is 0.307 e. The van der Waals surface area contributed by atoms with Crippen LogP contribution >= 0.6 is 0 Å². The van der Waals surface area contributed by atoms with Crippen LogP contribution in [0.3, 0.4) is 0 Å². The number of hydrogen-bond donors (Lipinski definition) is 0. The molecule has 168 valence electrons. The third-order valence-corrected chi connectivity index (χ3v) is 7.08. The lowest BCUT2D eigenvalue weighted by molar-refractivity contribution is 1.08. The van der Waals surface area contributed by atoms with Gasteiger partial charge in [-0.25, -0.2) is 15.0 Å². The second kappa shape index (κ2) is 7.23. The van der Waals surface area contributed by atoms with Gasteiger partial charge in [-0.3, -0.25) is 4.57 Å². The lowest BCUT2D eigenvalue weighted by Gasteiger charge is -2.12. The Kier molecular flexibility index (Phi) is 3.88. The molecule has 0 amide bonds. The van der Waals surface area contributed by atoms with E-state index in [-0.39, 0.29) is 0 Å². The highest BCUT2D eigenvalue weighted by molar-refractivity contribution is 6.35. The molecule has 0 aliphatic rings. The summed E-state index contributed by atoms with van der Waals surface area (Å²) < 4.78 is 4.66. The van der Waals surface area contributed by atoms with E-state index in [1.807, 2.05) is 24.5 Å². The van der Waals surface area contributed by atoms with Gasteiger partial charge in [0.2, 0.25) is 0 Å². The number of para-hydroxylation sites is 3. The molecule has 0 N–H and O–H groups in total. The fraction of sp³-hybridized carbons (Fsp3) is 0. The molecule has 5 heteroatoms. The van der Waals surface area contributed by atoms with Crippen molar-refractivity contribution in [1.29, 1.82) is 0 Å². The summed E-state index contributed by atoms with van der Waals surface area (Å²) in [5, 5.41) is 5.63. The van der Waals surface area contributed by atoms with Crippen molar-refractivity contribution in [3.05, 3.63) is 116 Å². The molecule has 4 heterocycles. The molecular formula is C31H19N5. The minimum atomic E-state index is 0.881. The van der Waals surface area contributed by atoms with Crippen LogP contribution in [0.15, 0.2) is 116 Å². The van der Waals surface area contributed by atoms with E-state index in [1.54, 1.807) is 6.33 Å². The SMILES string of the molecule is c1ccc(-n2c3ccccc3c3c4ncncc4c4c5ccccc5n(-c5ccccn5)c4c32)cc1. The third kappa shape index (κ3) is 2.46. The van der Waals surface area contributed by atoms with Crippen LogP contribution in [0.25, 0.3) is 66.0 Å². The Labute approximate surface area is 205 Å². The van der Waals surface area contributed by atoms with Gasteiger partial charge in [0, 0.05) is 45.0 Å². The first-order valence-corrected chi connectivity index (χ1v) is 12.0. The molecule has 0 spiro atoms. The predicted octanol–water partition coefficient (Wildman–Crippen LogP) is 7.22. The Morgan fingerprint density at radius 1 is 0.528 bits per heavy atom. The maximum atomic E-state index is 4.86. The molecule has 0 bridgehead atoms. The van der Waals surface area contributed by atoms with Crippen molar-refractivity contribution < 1.29 is 0 Å². The number of rotatable bonds is 2. The molecule has 0 aliphatic carbocycles. The van der Waals surface area contributed by atoms with Crippen LogP contribution in [0.4, 0.5) is 0 Å². The molecule has 0 saturated carbocycles. The van der Waals surface area contributed by atoms with Crippen LogP contribution in [-0.4, -0.2) is 24.1 Å². The van der Waals surface area contributed by atoms with Gasteiger partial charge in [-0.05, 0) is 36.4 Å². The second-order valence-electron chi connectivity index (χ2n) is 8.96. The molecule has 0 fully saturated rings. The standard InChI is InChI=1S/C31H19N5/c1-2-10-20(11-3-1)35-24-14-6-5-13-22(24)28-29-23(18-32-19-34-29)27-21-12-4-7-15-25(21)36(30(27)31(28)35)26-16-8-9-17-33-26/h1-19H. The van der Waals surface area contributed by atoms with Gasteiger partial charge in [0.05, 0.1) is 27.6 Å². The van der Waals surface area contributed by atoms with Crippen molar-refractivity contribution in [2.45, 2.75) is 0 Å². The zero-order valence-electron chi connectivity index (χ0n) is 19.2. The summed E-state index contributed by atoms with van der Waals surface area (Å²) in [6.45, 7) is 0. The lowest BCUT2D eigenvalue weighted by Crippen LogP contribution is -2.00. The molecular weight excluding hydrogens is 442 g/mol. The Bertz CT molecular complexity index is 1930. The quantitative estimate of drug-likeness (QED) is 0.273. The smallest absolute Gasteiger partial charge is 0.137 e. The number of fused-ring (bicyclic) bond motifs is 10. The highest BCUT2D eigenvalue weighted by atomic mass is 15.1. The third-order valence-electron chi connectivity index (χ3n) is 7.08. The van der Waals surface area contributed by atoms with E-state index in [0.717, 1.165) is 60.6 Å². The summed E-state index contributed by atoms with van der Waals surface area (Å²) in [6, 6.07) is 33.7. The molecule has 5 nitrogen and oxygen atoms in total. The Morgan fingerprint density at radius 2 is 1.19 bits per heavy atom. The number of aromatic nitrogens is 5. The number of hydrogen-bond acceptors (Lipinski definition) is 3.